The van der Waals surface area contributed by atoms with Crippen LogP contribution in [-0.2, 0) is 9.53 Å². The van der Waals surface area contributed by atoms with Crippen molar-refractivity contribution in [3.05, 3.63) is 23.8 Å². The summed E-state index contributed by atoms with van der Waals surface area (Å²) < 4.78 is 6.31. The molecule has 2 heteroatoms. The number of allylic oxidation sites excluding steroid dienone is 1. The molecule has 2 nitrogen and oxygen atoms in total. The summed E-state index contributed by atoms with van der Waals surface area (Å²) in [6.45, 7) is 3.33. The smallest absolute Gasteiger partial charge is 0.155 e. The molecule has 124 valence electrons. The Hall–Kier alpha value is -0.890. The second-order valence-electron chi connectivity index (χ2n) is 8.90. The minimum atomic E-state index is 0.0429. The van der Waals surface area contributed by atoms with Gasteiger partial charge in [-0.1, -0.05) is 24.6 Å². The van der Waals surface area contributed by atoms with E-state index in [9.17, 15) is 4.79 Å². The maximum absolute atomic E-state index is 11.8. The van der Waals surface area contributed by atoms with Gasteiger partial charge < -0.3 is 4.74 Å². The van der Waals surface area contributed by atoms with E-state index in [1.165, 1.54) is 44.1 Å². The second kappa shape index (κ2) is 4.81. The van der Waals surface area contributed by atoms with Crippen molar-refractivity contribution in [1.82, 2.24) is 0 Å². The largest absolute Gasteiger partial charge is 0.366 e. The summed E-state index contributed by atoms with van der Waals surface area (Å²) in [5.41, 5.74) is 1.88. The number of fused-ring (bicyclic) bond motifs is 6. The molecule has 0 N–H and O–H groups in total. The van der Waals surface area contributed by atoms with E-state index < -0.39 is 0 Å². The first-order chi connectivity index (χ1) is 11.1. The molecule has 3 unspecified atom stereocenters. The lowest BCUT2D eigenvalue weighted by atomic mass is 9.50. The van der Waals surface area contributed by atoms with E-state index >= 15 is 0 Å². The zero-order valence-electron chi connectivity index (χ0n) is 14.2. The Morgan fingerprint density at radius 2 is 2.00 bits per heavy atom. The first-order valence-corrected chi connectivity index (χ1v) is 9.68. The summed E-state index contributed by atoms with van der Waals surface area (Å²) in [6.07, 6.45) is 16.3. The third-order valence-electron chi connectivity index (χ3n) is 8.31. The number of carbonyl (C=O) groups is 1. The fraction of sp³-hybridized carbons (Fsp3) is 0.762. The van der Waals surface area contributed by atoms with E-state index in [0.717, 1.165) is 37.2 Å². The average Bonchev–Trinajstić information content (AvgIpc) is 3.14. The fourth-order valence-electron chi connectivity index (χ4n) is 7.21. The third kappa shape index (κ3) is 1.82. The van der Waals surface area contributed by atoms with Gasteiger partial charge in [0.15, 0.2) is 5.78 Å². The summed E-state index contributed by atoms with van der Waals surface area (Å²) in [5, 5.41) is 0. The van der Waals surface area contributed by atoms with Crippen LogP contribution in [-0.4, -0.2) is 18.0 Å². The van der Waals surface area contributed by atoms with Crippen molar-refractivity contribution in [2.75, 3.05) is 6.61 Å². The van der Waals surface area contributed by atoms with Crippen molar-refractivity contribution >= 4 is 5.78 Å². The van der Waals surface area contributed by atoms with Gasteiger partial charge in [-0.3, -0.25) is 4.79 Å². The lowest BCUT2D eigenvalue weighted by Crippen LogP contribution is -2.52. The Bertz CT molecular complexity index is 603. The van der Waals surface area contributed by atoms with Crippen molar-refractivity contribution < 1.29 is 9.53 Å². The maximum atomic E-state index is 11.8. The van der Waals surface area contributed by atoms with Crippen molar-refractivity contribution in [3.63, 3.8) is 0 Å². The second-order valence-corrected chi connectivity index (χ2v) is 8.90. The number of ketones is 1. The molecule has 1 spiro atoms. The zero-order chi connectivity index (χ0) is 15.7. The van der Waals surface area contributed by atoms with Crippen LogP contribution in [0.1, 0.15) is 58.3 Å². The summed E-state index contributed by atoms with van der Waals surface area (Å²) in [6, 6.07) is 0. The molecule has 1 heterocycles. The van der Waals surface area contributed by atoms with Gasteiger partial charge in [-0.05, 0) is 74.7 Å². The van der Waals surface area contributed by atoms with Crippen LogP contribution in [0, 0.1) is 29.1 Å². The Kier molecular flexibility index (Phi) is 3.03. The van der Waals surface area contributed by atoms with Gasteiger partial charge in [0.2, 0.25) is 0 Å². The molecule has 0 radical (unpaired) electrons. The van der Waals surface area contributed by atoms with Crippen molar-refractivity contribution in [1.29, 1.82) is 0 Å². The highest BCUT2D eigenvalue weighted by molar-refractivity contribution is 5.91. The minimum Gasteiger partial charge on any atom is -0.366 e. The molecule has 0 aromatic rings. The highest BCUT2D eigenvalue weighted by Crippen LogP contribution is 2.66. The van der Waals surface area contributed by atoms with Gasteiger partial charge in [0.1, 0.15) is 0 Å². The van der Waals surface area contributed by atoms with E-state index in [1.807, 2.05) is 6.08 Å². The van der Waals surface area contributed by atoms with Gasteiger partial charge in [0.25, 0.3) is 0 Å². The van der Waals surface area contributed by atoms with Crippen LogP contribution >= 0.6 is 0 Å². The minimum absolute atomic E-state index is 0.0429. The normalized spacial score (nSPS) is 51.3. The number of rotatable bonds is 0. The summed E-state index contributed by atoms with van der Waals surface area (Å²) in [4.78, 5) is 11.8. The van der Waals surface area contributed by atoms with Gasteiger partial charge in [0.05, 0.1) is 12.2 Å². The first kappa shape index (κ1) is 14.5. The van der Waals surface area contributed by atoms with Crippen LogP contribution in [0.5, 0.6) is 0 Å². The number of hydrogen-bond donors (Lipinski definition) is 0. The molecular weight excluding hydrogens is 284 g/mol. The van der Waals surface area contributed by atoms with Gasteiger partial charge in [-0.15, -0.1) is 0 Å². The molecule has 0 saturated heterocycles. The Morgan fingerprint density at radius 1 is 1.09 bits per heavy atom. The van der Waals surface area contributed by atoms with Crippen LogP contribution in [0.15, 0.2) is 23.8 Å². The van der Waals surface area contributed by atoms with Crippen LogP contribution in [0.4, 0.5) is 0 Å². The first-order valence-electron chi connectivity index (χ1n) is 9.68. The van der Waals surface area contributed by atoms with E-state index in [0.29, 0.717) is 17.1 Å². The van der Waals surface area contributed by atoms with Gasteiger partial charge in [-0.2, -0.15) is 0 Å². The standard InChI is InChI=1S/C21H28O2/c1-20-10-7-17-16-6-4-15(22)13-14(16)3-5-18(17)19(20)8-11-21(20)9-2-12-23-21/h2,9,13,16-19H,3-8,10-12H2,1H3/t16-,17?,18?,19?,20-,21-/m0/s1. The molecule has 5 aliphatic rings. The predicted molar refractivity (Wildman–Crippen MR) is 89.9 cm³/mol. The number of carbonyl (C=O) groups excluding carboxylic acids is 1. The molecule has 0 aromatic carbocycles. The topological polar surface area (TPSA) is 26.3 Å². The summed E-state index contributed by atoms with van der Waals surface area (Å²) >= 11 is 0. The molecule has 3 saturated carbocycles. The van der Waals surface area contributed by atoms with E-state index in [-0.39, 0.29) is 5.60 Å². The van der Waals surface area contributed by atoms with Crippen LogP contribution in [0.25, 0.3) is 0 Å². The molecule has 5 rings (SSSR count). The highest BCUT2D eigenvalue weighted by atomic mass is 16.5. The van der Waals surface area contributed by atoms with Gasteiger partial charge in [-0.25, -0.2) is 0 Å². The molecule has 23 heavy (non-hydrogen) atoms. The number of ether oxygens (including phenoxy) is 1. The van der Waals surface area contributed by atoms with Crippen molar-refractivity contribution in [2.45, 2.75) is 63.9 Å². The Labute approximate surface area is 139 Å². The Morgan fingerprint density at radius 3 is 2.83 bits per heavy atom. The van der Waals surface area contributed by atoms with Crippen LogP contribution in [0.2, 0.25) is 0 Å². The molecule has 3 fully saturated rings. The zero-order valence-corrected chi connectivity index (χ0v) is 14.2. The van der Waals surface area contributed by atoms with E-state index in [4.69, 9.17) is 4.74 Å². The third-order valence-corrected chi connectivity index (χ3v) is 8.31. The molecule has 0 amide bonds. The quantitative estimate of drug-likeness (QED) is 0.618. The monoisotopic (exact) mass is 312 g/mol. The molecular formula is C21H28O2. The lowest BCUT2D eigenvalue weighted by Gasteiger charge is -2.55. The van der Waals surface area contributed by atoms with Crippen molar-refractivity contribution in [2.24, 2.45) is 29.1 Å². The molecule has 6 atom stereocenters. The van der Waals surface area contributed by atoms with Gasteiger partial charge in [0, 0.05) is 11.8 Å². The lowest BCUT2D eigenvalue weighted by molar-refractivity contribution is -0.118. The van der Waals surface area contributed by atoms with Crippen molar-refractivity contribution in [3.8, 4) is 0 Å². The maximum Gasteiger partial charge on any atom is 0.155 e. The summed E-state index contributed by atoms with van der Waals surface area (Å²) in [7, 11) is 0. The predicted octanol–water partition coefficient (Wildman–Crippen LogP) is 4.45. The fourth-order valence-corrected chi connectivity index (χ4v) is 7.21. The van der Waals surface area contributed by atoms with E-state index in [2.05, 4.69) is 19.1 Å². The number of hydrogen-bond acceptors (Lipinski definition) is 2. The highest BCUT2D eigenvalue weighted by Gasteiger charge is 2.63. The van der Waals surface area contributed by atoms with Crippen LogP contribution in [0.3, 0.4) is 0 Å². The molecule has 1 aliphatic heterocycles. The Balaban J connectivity index is 1.47. The molecule has 4 aliphatic carbocycles. The van der Waals surface area contributed by atoms with Gasteiger partial charge >= 0.3 is 0 Å². The average molecular weight is 312 g/mol. The van der Waals surface area contributed by atoms with E-state index in [1.54, 1.807) is 0 Å². The van der Waals surface area contributed by atoms with Crippen LogP contribution < -0.4 is 0 Å². The molecule has 0 bridgehead atoms. The molecule has 0 aromatic heterocycles. The SMILES string of the molecule is C[C@]12CCC3C(CCC4=CC(=O)CC[C@@H]43)C1CC[C@@]21C=CCO1. The summed E-state index contributed by atoms with van der Waals surface area (Å²) in [5.74, 6) is 3.61.